The van der Waals surface area contributed by atoms with Crippen LogP contribution in [0.2, 0.25) is 0 Å². The van der Waals surface area contributed by atoms with Crippen molar-refractivity contribution in [2.75, 3.05) is 4.72 Å². The van der Waals surface area contributed by atoms with E-state index in [1.807, 2.05) is 13.8 Å². The maximum Gasteiger partial charge on any atom is 0.351 e. The second-order valence-electron chi connectivity index (χ2n) is 10.3. The molecule has 2 N–H and O–H groups in total. The number of nitrogens with one attached hydrogen (secondary N) is 1. The third-order valence-corrected chi connectivity index (χ3v) is 8.35. The second-order valence-corrected chi connectivity index (χ2v) is 11.9. The van der Waals surface area contributed by atoms with Gasteiger partial charge < -0.3 is 5.11 Å². The van der Waals surface area contributed by atoms with E-state index in [0.717, 1.165) is 22.8 Å². The molecule has 0 radical (unpaired) electrons. The van der Waals surface area contributed by atoms with Crippen molar-refractivity contribution in [1.82, 2.24) is 19.5 Å². The van der Waals surface area contributed by atoms with Crippen molar-refractivity contribution in [2.45, 2.75) is 38.1 Å². The summed E-state index contributed by atoms with van der Waals surface area (Å²) in [5, 5.41) is 9.66. The molecule has 0 atom stereocenters. The Morgan fingerprint density at radius 1 is 0.913 bits per heavy atom. The van der Waals surface area contributed by atoms with Crippen LogP contribution in [-0.2, 0) is 16.6 Å². The quantitative estimate of drug-likeness (QED) is 0.127. The monoisotopic (exact) mass is 667 g/mol. The van der Waals surface area contributed by atoms with Crippen LogP contribution in [0, 0.1) is 47.6 Å². The van der Waals surface area contributed by atoms with E-state index in [2.05, 4.69) is 15.0 Å². The summed E-state index contributed by atoms with van der Waals surface area (Å²) in [4.78, 5) is 23.1. The number of aromatic nitrogens is 4. The number of phenolic OH excluding ortho intramolecular Hbond substituents is 1. The number of aryl methyl sites for hydroxylation is 1. The van der Waals surface area contributed by atoms with Crippen LogP contribution in [0.25, 0.3) is 22.3 Å². The number of hydrogen-bond donors (Lipinski definition) is 2. The molecule has 5 aromatic rings. The minimum Gasteiger partial charge on any atom is -0.507 e. The zero-order chi connectivity index (χ0) is 33.8. The van der Waals surface area contributed by atoms with Gasteiger partial charge in [0.25, 0.3) is 10.0 Å². The lowest BCUT2D eigenvalue weighted by molar-refractivity contribution is 0.358. The number of aromatic hydroxyl groups is 1. The highest BCUT2D eigenvalue weighted by Crippen LogP contribution is 2.35. The highest BCUT2D eigenvalue weighted by Gasteiger charge is 2.35. The molecule has 46 heavy (non-hydrogen) atoms. The topological polar surface area (TPSA) is 127 Å². The summed E-state index contributed by atoms with van der Waals surface area (Å²) in [5.74, 6) is -17.7. The fourth-order valence-electron chi connectivity index (χ4n) is 4.78. The van der Waals surface area contributed by atoms with E-state index in [1.54, 1.807) is 13.0 Å². The van der Waals surface area contributed by atoms with Gasteiger partial charge in [0.15, 0.2) is 39.8 Å². The maximum absolute atomic E-state index is 15.6. The van der Waals surface area contributed by atoms with E-state index >= 15 is 4.39 Å². The number of pyridine rings is 2. The fraction of sp³-hybridized carbons (Fsp3) is 0.172. The van der Waals surface area contributed by atoms with Crippen LogP contribution < -0.4 is 10.4 Å². The van der Waals surface area contributed by atoms with Gasteiger partial charge in [-0.1, -0.05) is 19.9 Å². The van der Waals surface area contributed by atoms with Crippen molar-refractivity contribution < 1.29 is 44.3 Å². The summed E-state index contributed by atoms with van der Waals surface area (Å²) in [7, 11) is -5.75. The molecule has 17 heteroatoms. The van der Waals surface area contributed by atoms with Crippen molar-refractivity contribution in [1.29, 1.82) is 0 Å². The standard InChI is InChI=1S/C29H20F7N5O4S/c1-11(2)24-14(12(3)7-8-37-24)10-41-28-13(9-16(31)25(38-28)18-15(30)5-4-6-17(18)42)27(39-29(41)43)40-46(44,45)26-22(35)20(33)19(32)21(34)23(26)36/h4-9,11,42H,10H2,1-3H3,(H,39,40,43). The predicted molar refractivity (Wildman–Crippen MR) is 150 cm³/mol. The average Bonchev–Trinajstić information content (AvgIpc) is 2.97. The van der Waals surface area contributed by atoms with Crippen LogP contribution in [0.5, 0.6) is 5.75 Å². The van der Waals surface area contributed by atoms with Gasteiger partial charge in [-0.3, -0.25) is 14.3 Å². The lowest BCUT2D eigenvalue weighted by Crippen LogP contribution is -2.29. The molecule has 9 nitrogen and oxygen atoms in total. The van der Waals surface area contributed by atoms with Gasteiger partial charge >= 0.3 is 5.69 Å². The number of rotatable bonds is 7. The molecular weight excluding hydrogens is 647 g/mol. The Hall–Kier alpha value is -5.06. The number of sulfonamides is 1. The van der Waals surface area contributed by atoms with Crippen molar-refractivity contribution in [3.63, 3.8) is 0 Å². The number of nitrogens with zero attached hydrogens (tertiary/aromatic N) is 4. The molecule has 0 bridgehead atoms. The summed E-state index contributed by atoms with van der Waals surface area (Å²) in [6.07, 6.45) is 1.53. The van der Waals surface area contributed by atoms with Crippen LogP contribution in [0.1, 0.15) is 36.6 Å². The molecule has 0 aliphatic carbocycles. The van der Waals surface area contributed by atoms with Gasteiger partial charge in [0, 0.05) is 11.9 Å². The Morgan fingerprint density at radius 2 is 1.54 bits per heavy atom. The summed E-state index contributed by atoms with van der Waals surface area (Å²) in [6.45, 7) is 4.98. The van der Waals surface area contributed by atoms with Crippen LogP contribution in [0.3, 0.4) is 0 Å². The summed E-state index contributed by atoms with van der Waals surface area (Å²) in [5.41, 5.74) is -1.71. The average molecular weight is 668 g/mol. The molecule has 2 aromatic carbocycles. The van der Waals surface area contributed by atoms with Gasteiger partial charge in [-0.2, -0.15) is 4.98 Å². The molecule has 3 aromatic heterocycles. The maximum atomic E-state index is 15.6. The lowest BCUT2D eigenvalue weighted by atomic mass is 9.99. The van der Waals surface area contributed by atoms with Gasteiger partial charge in [0.2, 0.25) is 5.82 Å². The van der Waals surface area contributed by atoms with Gasteiger partial charge in [-0.25, -0.2) is 48.9 Å². The molecular formula is C29H20F7N5O4S. The minimum atomic E-state index is -5.75. The molecule has 0 aliphatic heterocycles. The first-order chi connectivity index (χ1) is 21.5. The molecule has 0 saturated heterocycles. The first-order valence-corrected chi connectivity index (χ1v) is 14.6. The van der Waals surface area contributed by atoms with Crippen LogP contribution >= 0.6 is 0 Å². The number of fused-ring (bicyclic) bond motifs is 1. The highest BCUT2D eigenvalue weighted by atomic mass is 32.2. The van der Waals surface area contributed by atoms with E-state index in [9.17, 15) is 44.7 Å². The fourth-order valence-corrected chi connectivity index (χ4v) is 5.94. The lowest BCUT2D eigenvalue weighted by Gasteiger charge is -2.18. The molecule has 0 amide bonds. The van der Waals surface area contributed by atoms with Crippen molar-refractivity contribution in [3.8, 4) is 17.0 Å². The Bertz CT molecular complexity index is 2200. The van der Waals surface area contributed by atoms with Crippen LogP contribution in [-0.4, -0.2) is 33.0 Å². The number of hydrogen-bond acceptors (Lipinski definition) is 7. The van der Waals surface area contributed by atoms with Crippen LogP contribution in [0.4, 0.5) is 36.6 Å². The molecule has 5 rings (SSSR count). The Kier molecular flexibility index (Phi) is 8.23. The number of phenols is 1. The number of halogens is 7. The molecule has 0 spiro atoms. The summed E-state index contributed by atoms with van der Waals surface area (Å²) < 4.78 is 129. The summed E-state index contributed by atoms with van der Waals surface area (Å²) >= 11 is 0. The zero-order valence-corrected chi connectivity index (χ0v) is 24.6. The molecule has 0 fully saturated rings. The molecule has 240 valence electrons. The van der Waals surface area contributed by atoms with Crippen molar-refractivity contribution in [2.24, 2.45) is 0 Å². The van der Waals surface area contributed by atoms with E-state index in [4.69, 9.17) is 0 Å². The minimum absolute atomic E-state index is 0.173. The van der Waals surface area contributed by atoms with Gasteiger partial charge in [-0.15, -0.1) is 0 Å². The van der Waals surface area contributed by atoms with E-state index < -0.39 is 95.2 Å². The zero-order valence-electron chi connectivity index (χ0n) is 23.8. The molecule has 3 heterocycles. The van der Waals surface area contributed by atoms with Gasteiger partial charge in [0.1, 0.15) is 22.9 Å². The third kappa shape index (κ3) is 5.39. The largest absolute Gasteiger partial charge is 0.507 e. The normalized spacial score (nSPS) is 11.9. The van der Waals surface area contributed by atoms with Crippen molar-refractivity contribution in [3.05, 3.63) is 105 Å². The first-order valence-electron chi connectivity index (χ1n) is 13.1. The van der Waals surface area contributed by atoms with Crippen molar-refractivity contribution >= 4 is 26.9 Å². The van der Waals surface area contributed by atoms with E-state index in [1.165, 1.54) is 10.9 Å². The Balaban J connectivity index is 1.81. The SMILES string of the molecule is Cc1ccnc(C(C)C)c1Cn1c(=O)nc(NS(=O)(=O)c2c(F)c(F)c(F)c(F)c2F)c2cc(F)c(-c3c(O)cccc3F)nc21. The van der Waals surface area contributed by atoms with Gasteiger partial charge in [0.05, 0.1) is 17.5 Å². The predicted octanol–water partition coefficient (Wildman–Crippen LogP) is 5.81. The summed E-state index contributed by atoms with van der Waals surface area (Å²) in [6, 6.07) is 5.21. The first kappa shape index (κ1) is 32.3. The molecule has 0 aliphatic rings. The van der Waals surface area contributed by atoms with E-state index in [0.29, 0.717) is 22.9 Å². The second kappa shape index (κ2) is 11.7. The Labute approximate surface area is 255 Å². The van der Waals surface area contributed by atoms with Crippen LogP contribution in [0.15, 0.2) is 46.2 Å². The third-order valence-electron chi connectivity index (χ3n) is 6.99. The number of anilines is 1. The van der Waals surface area contributed by atoms with E-state index in [-0.39, 0.29) is 12.5 Å². The van der Waals surface area contributed by atoms with Gasteiger partial charge in [-0.05, 0) is 48.2 Å². The smallest absolute Gasteiger partial charge is 0.351 e. The molecule has 0 unspecified atom stereocenters. The number of benzene rings is 2. The molecule has 0 saturated carbocycles. The highest BCUT2D eigenvalue weighted by molar-refractivity contribution is 7.92. The Morgan fingerprint density at radius 3 is 2.15 bits per heavy atom.